The molecule has 0 aliphatic carbocycles. The van der Waals surface area contributed by atoms with Gasteiger partial charge in [0.05, 0.1) is 28.0 Å². The van der Waals surface area contributed by atoms with E-state index in [4.69, 9.17) is 25.7 Å². The van der Waals surface area contributed by atoms with Crippen LogP contribution in [0.4, 0.5) is 0 Å². The van der Waals surface area contributed by atoms with E-state index < -0.39 is 163 Å². The van der Waals surface area contributed by atoms with Crippen LogP contribution in [0.1, 0.15) is 188 Å². The van der Waals surface area contributed by atoms with E-state index in [0.717, 1.165) is 11.1 Å². The maximum absolute atomic E-state index is 15.6. The Morgan fingerprint density at radius 3 is 1.41 bits per heavy atom. The molecule has 31 nitrogen and oxygen atoms in total. The number of nitrogens with zero attached hydrogens (tertiary/aromatic N) is 5. The van der Waals surface area contributed by atoms with Crippen LogP contribution < -0.4 is 62.3 Å². The summed E-state index contributed by atoms with van der Waals surface area (Å²) in [5, 5.41) is 16.9. The number of carbonyl (C=O) groups is 9. The number of benzene rings is 4. The third-order valence-electron chi connectivity index (χ3n) is 22.8. The predicted octanol–water partition coefficient (Wildman–Crippen LogP) is 4.41. The average Bonchev–Trinajstić information content (AvgIpc) is 0.875. The van der Waals surface area contributed by atoms with Crippen LogP contribution in [0.2, 0.25) is 0 Å². The second-order valence-corrected chi connectivity index (χ2v) is 36.9. The molecule has 4 fully saturated rings. The number of aliphatic imine (C=N–C) groups is 2. The van der Waals surface area contributed by atoms with Crippen LogP contribution in [-0.2, 0) is 93.6 Å². The molecule has 4 aromatic carbocycles. The molecular formula is C83H117N15O16S2. The fourth-order valence-electron chi connectivity index (χ4n) is 16.6. The van der Waals surface area contributed by atoms with Crippen molar-refractivity contribution in [2.45, 2.75) is 281 Å². The molecule has 6 aliphatic heterocycles. The van der Waals surface area contributed by atoms with Gasteiger partial charge in [-0.05, 0) is 242 Å². The normalized spacial score (nSPS) is 24.0. The molecule has 4 aromatic rings. The number of guanidine groups is 2. The number of hydrogen-bond donors (Lipinski definition) is 10. The zero-order valence-electron chi connectivity index (χ0n) is 69.3. The number of carbonyl (C=O) groups excluding carboxylic acids is 9. The van der Waals surface area contributed by atoms with Crippen molar-refractivity contribution in [3.05, 3.63) is 116 Å². The van der Waals surface area contributed by atoms with Crippen LogP contribution in [-0.4, -0.2) is 207 Å². The Morgan fingerprint density at radius 1 is 0.526 bits per heavy atom. The molecule has 0 saturated carbocycles. The summed E-state index contributed by atoms with van der Waals surface area (Å²) in [6.45, 7) is 24.3. The zero-order chi connectivity index (χ0) is 84.7. The Kier molecular flexibility index (Phi) is 28.0. The summed E-state index contributed by atoms with van der Waals surface area (Å²) in [6.07, 6.45) is 2.04. The minimum atomic E-state index is -4.38. The molecule has 632 valence electrons. The van der Waals surface area contributed by atoms with Gasteiger partial charge in [0.1, 0.15) is 71.0 Å². The van der Waals surface area contributed by atoms with Crippen molar-refractivity contribution in [1.82, 2.24) is 56.0 Å². The number of ether oxygens (including phenoxy) is 3. The van der Waals surface area contributed by atoms with E-state index in [1.54, 1.807) is 130 Å². The van der Waals surface area contributed by atoms with Crippen molar-refractivity contribution in [3.8, 4) is 11.5 Å². The van der Waals surface area contributed by atoms with Crippen LogP contribution in [0.3, 0.4) is 0 Å². The van der Waals surface area contributed by atoms with Gasteiger partial charge in [0.2, 0.25) is 65.1 Å². The van der Waals surface area contributed by atoms with Gasteiger partial charge < -0.3 is 72.3 Å². The first kappa shape index (κ1) is 88.5. The summed E-state index contributed by atoms with van der Waals surface area (Å²) >= 11 is 0. The number of nitrogens with two attached hydrogens (primary N) is 2. The molecule has 0 aromatic heterocycles. The number of sulfonamides is 2. The second-order valence-electron chi connectivity index (χ2n) is 33.7. The van der Waals surface area contributed by atoms with Gasteiger partial charge in [-0.15, -0.1) is 0 Å². The molecule has 0 bridgehead atoms. The summed E-state index contributed by atoms with van der Waals surface area (Å²) in [5.41, 5.74) is 17.0. The van der Waals surface area contributed by atoms with Gasteiger partial charge in [-0.1, -0.05) is 60.7 Å². The molecule has 10 rings (SSSR count). The van der Waals surface area contributed by atoms with E-state index in [1.807, 2.05) is 27.7 Å². The minimum Gasteiger partial charge on any atom is -0.487 e. The Hall–Kier alpha value is -9.89. The monoisotopic (exact) mass is 1640 g/mol. The SMILES string of the molecule is Cc1c(C)c(S(=O)(=O)NC(N)=NCCC[C@@H]2NC(=O)[C@H](Cc3ccccc3)NC(=O)[C@@H]3CCCN3C(=O)[C@@H]([C@@H](C)OC(C)(C)C)NC(=O)[C@H](Cc3ccccc3)NC(=O)CNC(=O)[C@@H]3CCCN3C(=O)[C@@H]3CCCN3C(=O)[C@H](CCCN=C(N)NS(=O)(=O)c3c(C)c(C)c4c(c3C)CCC(C)(C)O4)NC2=O)c(C)c2c1OC(C)(C)CC2. The molecule has 6 heterocycles. The van der Waals surface area contributed by atoms with Crippen LogP contribution in [0.15, 0.2) is 80.4 Å². The maximum Gasteiger partial charge on any atom is 0.264 e. The summed E-state index contributed by atoms with van der Waals surface area (Å²) in [5.74, 6) is -6.50. The number of hydrogen-bond acceptors (Lipinski definition) is 18. The van der Waals surface area contributed by atoms with E-state index in [9.17, 15) is 31.2 Å². The largest absolute Gasteiger partial charge is 0.487 e. The minimum absolute atomic E-state index is 0.0189. The van der Waals surface area contributed by atoms with Crippen LogP contribution in [0.5, 0.6) is 11.5 Å². The summed E-state index contributed by atoms with van der Waals surface area (Å²) in [4.78, 5) is 149. The Labute approximate surface area is 681 Å². The number of rotatable bonds is 18. The molecule has 116 heavy (non-hydrogen) atoms. The van der Waals surface area contributed by atoms with E-state index in [0.29, 0.717) is 101 Å². The number of fused-ring (bicyclic) bond motifs is 5. The third-order valence-corrected chi connectivity index (χ3v) is 26.1. The number of nitrogens with one attached hydrogen (secondary N) is 8. The van der Waals surface area contributed by atoms with Gasteiger partial charge in [-0.25, -0.2) is 26.3 Å². The van der Waals surface area contributed by atoms with Crippen molar-refractivity contribution in [2.75, 3.05) is 39.3 Å². The first-order valence-corrected chi connectivity index (χ1v) is 43.3. The predicted molar refractivity (Wildman–Crippen MR) is 437 cm³/mol. The summed E-state index contributed by atoms with van der Waals surface area (Å²) in [7, 11) is -8.75. The van der Waals surface area contributed by atoms with Crippen molar-refractivity contribution >= 4 is 85.1 Å². The highest BCUT2D eigenvalue weighted by atomic mass is 32.2. The van der Waals surface area contributed by atoms with Crippen molar-refractivity contribution in [2.24, 2.45) is 21.5 Å². The molecular weight excluding hydrogens is 1530 g/mol. The van der Waals surface area contributed by atoms with E-state index in [2.05, 4.69) is 51.3 Å². The highest BCUT2D eigenvalue weighted by molar-refractivity contribution is 7.90. The zero-order valence-corrected chi connectivity index (χ0v) is 70.9. The summed E-state index contributed by atoms with van der Waals surface area (Å²) in [6, 6.07) is 6.64. The lowest BCUT2D eigenvalue weighted by molar-refractivity contribution is -0.149. The topological polar surface area (TPSA) is 432 Å². The smallest absolute Gasteiger partial charge is 0.264 e. The van der Waals surface area contributed by atoms with Crippen molar-refractivity contribution in [3.63, 3.8) is 0 Å². The fourth-order valence-corrected chi connectivity index (χ4v) is 19.7. The third kappa shape index (κ3) is 21.3. The molecule has 4 saturated heterocycles. The van der Waals surface area contributed by atoms with E-state index in [-0.39, 0.29) is 100 Å². The standard InChI is InChI=1S/C83H117N15O16S2/c1-47-49(3)69(51(5)56-35-37-82(11,12)113-67(47)56)115(108,109)94-79(84)86-39-21-30-58-71(100)91-59(31-22-40-87-80(85)95-116(110,111)70-50(4)48(2)68-57(52(70)6)36-38-83(13,14)114-68)76(105)98-43-25-34-64(98)77(106)96-41-23-32-62(96)74(103)88-46-65(99)89-60(44-54-26-17-15-18-27-54)73(102)93-66(53(7)112-81(8,9)10)78(107)97-42-24-33-63(97)75(104)92-61(72(101)90-58)45-55-28-19-16-20-29-55/h15-20,26-29,53,58-64,66H,21-25,30-46H2,1-14H3,(H,88,103)(H,89,99)(H,90,101)(H,91,100)(H,92,104)(H,93,102)(H3,84,86,94)(H3,85,87,95)/t53-,58+,59+,60+,61+,62+,63+,64+,66-/m1/s1. The molecule has 0 spiro atoms. The lowest BCUT2D eigenvalue weighted by Crippen LogP contribution is -2.62. The lowest BCUT2D eigenvalue weighted by atomic mass is 9.88. The van der Waals surface area contributed by atoms with Gasteiger partial charge in [-0.3, -0.25) is 53.1 Å². The molecule has 9 atom stereocenters. The van der Waals surface area contributed by atoms with Gasteiger partial charge >= 0.3 is 0 Å². The van der Waals surface area contributed by atoms with Gasteiger partial charge in [0.25, 0.3) is 20.0 Å². The molecule has 9 amide bonds. The molecule has 12 N–H and O–H groups in total. The van der Waals surface area contributed by atoms with Gasteiger partial charge in [-0.2, -0.15) is 0 Å². The fraction of sp³-hybridized carbons (Fsp3) is 0.578. The quantitative estimate of drug-likeness (QED) is 0.0375. The highest BCUT2D eigenvalue weighted by Crippen LogP contribution is 2.44. The van der Waals surface area contributed by atoms with Crippen molar-refractivity contribution < 1.29 is 74.2 Å². The Morgan fingerprint density at radius 2 is 0.931 bits per heavy atom. The van der Waals surface area contributed by atoms with Gasteiger partial charge in [0.15, 0.2) is 0 Å². The molecule has 0 radical (unpaired) electrons. The molecule has 0 unspecified atom stereocenters. The Bertz CT molecular complexity index is 4700. The average molecular weight is 1650 g/mol. The first-order chi connectivity index (χ1) is 54.5. The van der Waals surface area contributed by atoms with Gasteiger partial charge in [0, 0.05) is 45.6 Å². The van der Waals surface area contributed by atoms with E-state index in [1.165, 1.54) is 14.7 Å². The van der Waals surface area contributed by atoms with Crippen LogP contribution in [0, 0.1) is 41.5 Å². The lowest BCUT2D eigenvalue weighted by Gasteiger charge is -2.35. The molecule has 6 aliphatic rings. The maximum atomic E-state index is 15.6. The Balaban J connectivity index is 0.999. The number of amides is 9. The second kappa shape index (κ2) is 36.7. The van der Waals surface area contributed by atoms with Crippen LogP contribution >= 0.6 is 0 Å². The highest BCUT2D eigenvalue weighted by Gasteiger charge is 2.47. The van der Waals surface area contributed by atoms with Crippen LogP contribution in [0.25, 0.3) is 0 Å². The van der Waals surface area contributed by atoms with E-state index >= 15 is 28.8 Å². The first-order valence-electron chi connectivity index (χ1n) is 40.3. The van der Waals surface area contributed by atoms with Crippen molar-refractivity contribution in [1.29, 1.82) is 0 Å². The molecule has 33 heteroatoms. The summed E-state index contributed by atoms with van der Waals surface area (Å²) < 4.78 is 81.5.